The number of carbonyl (C=O) groups excluding carboxylic acids is 1. The van der Waals surface area contributed by atoms with Gasteiger partial charge in [0.2, 0.25) is 0 Å². The number of allylic oxidation sites excluding steroid dienone is 1. The summed E-state index contributed by atoms with van der Waals surface area (Å²) in [6, 6.07) is 14.0. The first-order chi connectivity index (χ1) is 13.4. The van der Waals surface area contributed by atoms with E-state index >= 15 is 0 Å². The van der Waals surface area contributed by atoms with Gasteiger partial charge in [0.15, 0.2) is 0 Å². The number of aryl methyl sites for hydroxylation is 2. The number of fused-ring (bicyclic) bond motifs is 1. The van der Waals surface area contributed by atoms with Crippen LogP contribution in [-0.2, 0) is 13.1 Å². The van der Waals surface area contributed by atoms with Crippen molar-refractivity contribution in [1.29, 1.82) is 0 Å². The van der Waals surface area contributed by atoms with Crippen molar-refractivity contribution in [2.75, 3.05) is 6.54 Å². The molecule has 1 aromatic heterocycles. The van der Waals surface area contributed by atoms with Gasteiger partial charge in [0.25, 0.3) is 5.91 Å². The molecule has 0 unspecified atom stereocenters. The molecular weight excluding hydrogens is 346 g/mol. The number of carbonyl (C=O) groups is 1. The molecule has 0 N–H and O–H groups in total. The van der Waals surface area contributed by atoms with E-state index in [-0.39, 0.29) is 5.91 Å². The second kappa shape index (κ2) is 8.42. The molecule has 146 valence electrons. The largest absolute Gasteiger partial charge is 0.331 e. The van der Waals surface area contributed by atoms with Crippen molar-refractivity contribution < 1.29 is 4.79 Å². The van der Waals surface area contributed by atoms with Gasteiger partial charge in [-0.05, 0) is 55.2 Å². The summed E-state index contributed by atoms with van der Waals surface area (Å²) in [6.07, 6.45) is 1.87. The normalized spacial score (nSPS) is 11.2. The summed E-state index contributed by atoms with van der Waals surface area (Å²) in [5, 5.41) is 0. The average molecular weight is 376 g/mol. The highest BCUT2D eigenvalue weighted by molar-refractivity contribution is 5.94. The van der Waals surface area contributed by atoms with Gasteiger partial charge < -0.3 is 9.47 Å². The van der Waals surface area contributed by atoms with Crippen LogP contribution < -0.4 is 0 Å². The van der Waals surface area contributed by atoms with Gasteiger partial charge >= 0.3 is 0 Å². The van der Waals surface area contributed by atoms with Gasteiger partial charge in [0.1, 0.15) is 5.82 Å². The van der Waals surface area contributed by atoms with Crippen LogP contribution in [0.25, 0.3) is 11.0 Å². The van der Waals surface area contributed by atoms with Gasteiger partial charge in [-0.15, -0.1) is 6.58 Å². The second-order valence-corrected chi connectivity index (χ2v) is 7.79. The molecule has 28 heavy (non-hydrogen) atoms. The summed E-state index contributed by atoms with van der Waals surface area (Å²) in [6.45, 7) is 14.1. The molecule has 4 nitrogen and oxygen atoms in total. The Hall–Kier alpha value is -2.88. The van der Waals surface area contributed by atoms with E-state index in [0.717, 1.165) is 28.0 Å². The Kier molecular flexibility index (Phi) is 5.98. The van der Waals surface area contributed by atoms with Crippen LogP contribution in [0.3, 0.4) is 0 Å². The lowest BCUT2D eigenvalue weighted by Crippen LogP contribution is -2.34. The summed E-state index contributed by atoms with van der Waals surface area (Å²) < 4.78 is 2.14. The predicted molar refractivity (Wildman–Crippen MR) is 115 cm³/mol. The Balaban J connectivity index is 1.98. The van der Waals surface area contributed by atoms with E-state index < -0.39 is 0 Å². The van der Waals surface area contributed by atoms with Crippen LogP contribution in [0.2, 0.25) is 0 Å². The monoisotopic (exact) mass is 375 g/mol. The molecule has 2 aromatic carbocycles. The fourth-order valence-corrected chi connectivity index (χ4v) is 3.47. The summed E-state index contributed by atoms with van der Waals surface area (Å²) >= 11 is 0. The summed E-state index contributed by atoms with van der Waals surface area (Å²) in [4.78, 5) is 20.0. The number of para-hydroxylation sites is 2. The fraction of sp³-hybridized carbons (Fsp3) is 0.333. The van der Waals surface area contributed by atoms with Gasteiger partial charge in [0, 0.05) is 18.7 Å². The Morgan fingerprint density at radius 3 is 2.61 bits per heavy atom. The van der Waals surface area contributed by atoms with Crippen LogP contribution in [0.5, 0.6) is 0 Å². The third kappa shape index (κ3) is 4.16. The minimum Gasteiger partial charge on any atom is -0.331 e. The van der Waals surface area contributed by atoms with E-state index in [4.69, 9.17) is 4.98 Å². The maximum absolute atomic E-state index is 13.3. The highest BCUT2D eigenvalue weighted by atomic mass is 16.2. The highest BCUT2D eigenvalue weighted by Crippen LogP contribution is 2.20. The van der Waals surface area contributed by atoms with Gasteiger partial charge in [-0.2, -0.15) is 0 Å². The van der Waals surface area contributed by atoms with Crippen molar-refractivity contribution in [3.8, 4) is 0 Å². The molecule has 0 aliphatic rings. The molecule has 0 atom stereocenters. The number of imidazole rings is 1. The van der Waals surface area contributed by atoms with Crippen LogP contribution in [0.15, 0.2) is 55.1 Å². The summed E-state index contributed by atoms with van der Waals surface area (Å²) in [5.41, 5.74) is 5.08. The quantitative estimate of drug-likeness (QED) is 0.537. The molecule has 0 saturated heterocycles. The van der Waals surface area contributed by atoms with Crippen molar-refractivity contribution in [2.45, 2.75) is 40.8 Å². The summed E-state index contributed by atoms with van der Waals surface area (Å²) in [5.74, 6) is 1.31. The lowest BCUT2D eigenvalue weighted by atomic mass is 10.0. The van der Waals surface area contributed by atoms with Crippen LogP contribution in [0.4, 0.5) is 0 Å². The first-order valence-electron chi connectivity index (χ1n) is 9.82. The van der Waals surface area contributed by atoms with Crippen molar-refractivity contribution in [2.24, 2.45) is 5.92 Å². The molecule has 1 amide bonds. The van der Waals surface area contributed by atoms with Crippen LogP contribution in [0.1, 0.15) is 41.2 Å². The number of benzene rings is 2. The maximum atomic E-state index is 13.3. The zero-order chi connectivity index (χ0) is 20.3. The van der Waals surface area contributed by atoms with Gasteiger partial charge in [-0.25, -0.2) is 4.98 Å². The SMILES string of the molecule is C=CCn1c(CN(CC(C)C)C(=O)c2ccc(C)c(C)c2)nc2ccccc21. The fourth-order valence-electron chi connectivity index (χ4n) is 3.47. The van der Waals surface area contributed by atoms with Crippen molar-refractivity contribution in [1.82, 2.24) is 14.5 Å². The predicted octanol–water partition coefficient (Wildman–Crippen LogP) is 5.14. The lowest BCUT2D eigenvalue weighted by Gasteiger charge is -2.25. The average Bonchev–Trinajstić information content (AvgIpc) is 3.00. The topological polar surface area (TPSA) is 38.1 Å². The summed E-state index contributed by atoms with van der Waals surface area (Å²) in [7, 11) is 0. The number of rotatable bonds is 7. The zero-order valence-electron chi connectivity index (χ0n) is 17.3. The minimum atomic E-state index is 0.0500. The Labute approximate surface area is 167 Å². The molecule has 0 saturated carbocycles. The van der Waals surface area contributed by atoms with Crippen molar-refractivity contribution in [3.63, 3.8) is 0 Å². The van der Waals surface area contributed by atoms with Crippen molar-refractivity contribution >= 4 is 16.9 Å². The van der Waals surface area contributed by atoms with Crippen molar-refractivity contribution in [3.05, 3.63) is 77.6 Å². The van der Waals surface area contributed by atoms with Crippen LogP contribution in [-0.4, -0.2) is 26.9 Å². The number of amides is 1. The Morgan fingerprint density at radius 1 is 1.18 bits per heavy atom. The number of hydrogen-bond donors (Lipinski definition) is 0. The number of aromatic nitrogens is 2. The first kappa shape index (κ1) is 19.9. The molecule has 3 aromatic rings. The van der Waals surface area contributed by atoms with E-state index in [1.54, 1.807) is 0 Å². The molecule has 0 aliphatic carbocycles. The van der Waals surface area contributed by atoms with E-state index in [1.165, 1.54) is 5.56 Å². The molecule has 0 bridgehead atoms. The smallest absolute Gasteiger partial charge is 0.254 e. The Morgan fingerprint density at radius 2 is 1.93 bits per heavy atom. The highest BCUT2D eigenvalue weighted by Gasteiger charge is 2.21. The molecule has 3 rings (SSSR count). The van der Waals surface area contributed by atoms with Gasteiger partial charge in [-0.3, -0.25) is 4.79 Å². The lowest BCUT2D eigenvalue weighted by molar-refractivity contribution is 0.0716. The third-order valence-corrected chi connectivity index (χ3v) is 5.00. The third-order valence-electron chi connectivity index (χ3n) is 5.00. The molecule has 0 aliphatic heterocycles. The first-order valence-corrected chi connectivity index (χ1v) is 9.82. The van der Waals surface area contributed by atoms with E-state index in [0.29, 0.717) is 25.6 Å². The Bertz CT molecular complexity index is 1000. The molecule has 0 fully saturated rings. The molecular formula is C24H29N3O. The molecule has 0 spiro atoms. The molecule has 1 heterocycles. The number of hydrogen-bond acceptors (Lipinski definition) is 2. The van der Waals surface area contributed by atoms with E-state index in [1.807, 2.05) is 54.3 Å². The second-order valence-electron chi connectivity index (χ2n) is 7.79. The van der Waals surface area contributed by atoms with E-state index in [9.17, 15) is 4.79 Å². The molecule has 0 radical (unpaired) electrons. The minimum absolute atomic E-state index is 0.0500. The zero-order valence-corrected chi connectivity index (χ0v) is 17.3. The van der Waals surface area contributed by atoms with E-state index in [2.05, 4.69) is 38.0 Å². The maximum Gasteiger partial charge on any atom is 0.254 e. The van der Waals surface area contributed by atoms with Crippen LogP contribution >= 0.6 is 0 Å². The van der Waals surface area contributed by atoms with Gasteiger partial charge in [0.05, 0.1) is 17.6 Å². The molecule has 4 heteroatoms. The standard InChI is InChI=1S/C24H29N3O/c1-6-13-27-22-10-8-7-9-21(22)25-23(27)16-26(15-17(2)3)24(28)20-12-11-18(4)19(5)14-20/h6-12,14,17H,1,13,15-16H2,2-5H3. The van der Waals surface area contributed by atoms with Gasteiger partial charge in [-0.1, -0.05) is 38.1 Å². The van der Waals surface area contributed by atoms with Crippen LogP contribution in [0, 0.1) is 19.8 Å². The number of nitrogens with zero attached hydrogens (tertiary/aromatic N) is 3.